The summed E-state index contributed by atoms with van der Waals surface area (Å²) in [6.45, 7) is 2.55. The van der Waals surface area contributed by atoms with Crippen LogP contribution in [-0.4, -0.2) is 41.5 Å². The molecule has 0 spiro atoms. The van der Waals surface area contributed by atoms with Gasteiger partial charge < -0.3 is 15.4 Å². The number of aromatic nitrogens is 2. The molecule has 0 radical (unpaired) electrons. The highest BCUT2D eigenvalue weighted by Crippen LogP contribution is 2.24. The van der Waals surface area contributed by atoms with Gasteiger partial charge in [-0.05, 0) is 36.8 Å². The van der Waals surface area contributed by atoms with Crippen LogP contribution in [0.4, 0.5) is 5.69 Å². The van der Waals surface area contributed by atoms with Crippen LogP contribution in [0.5, 0.6) is 0 Å². The number of pyridine rings is 1. The van der Waals surface area contributed by atoms with Gasteiger partial charge in [-0.15, -0.1) is 0 Å². The van der Waals surface area contributed by atoms with Gasteiger partial charge in [-0.25, -0.2) is 4.98 Å². The molecule has 1 aromatic carbocycles. The van der Waals surface area contributed by atoms with Gasteiger partial charge in [0.05, 0.1) is 12.1 Å². The number of nitrogens with one attached hydrogen (secondary N) is 2. The van der Waals surface area contributed by atoms with Crippen LogP contribution in [0.25, 0.3) is 5.52 Å². The van der Waals surface area contributed by atoms with E-state index in [4.69, 9.17) is 16.3 Å². The van der Waals surface area contributed by atoms with Crippen LogP contribution in [0.3, 0.4) is 0 Å². The Bertz CT molecular complexity index is 1000. The molecule has 2 N–H and O–H groups in total. The van der Waals surface area contributed by atoms with E-state index in [1.807, 2.05) is 6.92 Å². The predicted molar refractivity (Wildman–Crippen MR) is 104 cm³/mol. The summed E-state index contributed by atoms with van der Waals surface area (Å²) in [5, 5.41) is 6.08. The van der Waals surface area contributed by atoms with Crippen molar-refractivity contribution in [3.63, 3.8) is 0 Å². The highest BCUT2D eigenvalue weighted by molar-refractivity contribution is 6.31. The van der Waals surface area contributed by atoms with Crippen molar-refractivity contribution in [3.05, 3.63) is 64.7 Å². The number of rotatable bonds is 6. The number of hydrogen-bond donors (Lipinski definition) is 2. The fraction of sp³-hybridized carbons (Fsp3) is 0.211. The van der Waals surface area contributed by atoms with Gasteiger partial charge >= 0.3 is 0 Å². The minimum absolute atomic E-state index is 0.134. The zero-order valence-electron chi connectivity index (χ0n) is 15.0. The van der Waals surface area contributed by atoms with Crippen LogP contribution in [0, 0.1) is 6.92 Å². The van der Waals surface area contributed by atoms with Crippen molar-refractivity contribution in [1.29, 1.82) is 0 Å². The molecule has 7 nitrogen and oxygen atoms in total. The Kier molecular flexibility index (Phi) is 5.73. The van der Waals surface area contributed by atoms with Gasteiger partial charge in [-0.2, -0.15) is 0 Å². The van der Waals surface area contributed by atoms with Gasteiger partial charge in [0.2, 0.25) is 5.82 Å². The van der Waals surface area contributed by atoms with Crippen LogP contribution in [-0.2, 0) is 4.74 Å². The van der Waals surface area contributed by atoms with Crippen molar-refractivity contribution in [1.82, 2.24) is 14.7 Å². The highest BCUT2D eigenvalue weighted by Gasteiger charge is 2.21. The molecule has 0 saturated heterocycles. The van der Waals surface area contributed by atoms with Crippen molar-refractivity contribution in [3.8, 4) is 0 Å². The smallest absolute Gasteiger partial charge is 0.287 e. The molecule has 0 unspecified atom stereocenters. The summed E-state index contributed by atoms with van der Waals surface area (Å²) in [7, 11) is 1.55. The lowest BCUT2D eigenvalue weighted by atomic mass is 10.2. The molecular formula is C19H19ClN4O3. The minimum Gasteiger partial charge on any atom is -0.383 e. The third-order valence-electron chi connectivity index (χ3n) is 4.07. The molecule has 0 bridgehead atoms. The van der Waals surface area contributed by atoms with E-state index in [0.717, 1.165) is 5.56 Å². The van der Waals surface area contributed by atoms with E-state index in [0.29, 0.717) is 29.4 Å². The van der Waals surface area contributed by atoms with Crippen molar-refractivity contribution >= 4 is 34.6 Å². The van der Waals surface area contributed by atoms with Crippen molar-refractivity contribution < 1.29 is 14.3 Å². The first kappa shape index (κ1) is 18.9. The Morgan fingerprint density at radius 3 is 2.78 bits per heavy atom. The number of halogens is 1. The fourth-order valence-electron chi connectivity index (χ4n) is 2.64. The van der Waals surface area contributed by atoms with Crippen molar-refractivity contribution in [2.24, 2.45) is 0 Å². The van der Waals surface area contributed by atoms with E-state index in [-0.39, 0.29) is 17.4 Å². The van der Waals surface area contributed by atoms with Gasteiger partial charge in [0.25, 0.3) is 11.8 Å². The molecular weight excluding hydrogens is 368 g/mol. The molecule has 0 aliphatic heterocycles. The standard InChI is InChI=1S/C19H19ClN4O3/c1-12-13(20)6-5-7-14(12)22-18(25)16-15-8-3-4-10-24(15)17(23-16)19(26)21-9-11-27-2/h3-8,10H,9,11H2,1-2H3,(H,21,26)(H,22,25). The number of amides is 2. The van der Waals surface area contributed by atoms with E-state index in [9.17, 15) is 9.59 Å². The lowest BCUT2D eigenvalue weighted by Crippen LogP contribution is -2.28. The Morgan fingerprint density at radius 1 is 1.19 bits per heavy atom. The monoisotopic (exact) mass is 386 g/mol. The molecule has 27 heavy (non-hydrogen) atoms. The first-order valence-corrected chi connectivity index (χ1v) is 8.71. The molecule has 140 valence electrons. The Balaban J connectivity index is 1.93. The lowest BCUT2D eigenvalue weighted by Gasteiger charge is -2.08. The maximum atomic E-state index is 12.8. The summed E-state index contributed by atoms with van der Waals surface area (Å²) in [6.07, 6.45) is 1.69. The molecule has 0 aliphatic carbocycles. The molecule has 0 atom stereocenters. The van der Waals surface area contributed by atoms with Crippen LogP contribution in [0.1, 0.15) is 26.7 Å². The number of carbonyl (C=O) groups is 2. The summed E-state index contributed by atoms with van der Waals surface area (Å²) < 4.78 is 6.51. The maximum Gasteiger partial charge on any atom is 0.287 e. The van der Waals surface area contributed by atoms with E-state index in [2.05, 4.69) is 15.6 Å². The third-order valence-corrected chi connectivity index (χ3v) is 4.48. The summed E-state index contributed by atoms with van der Waals surface area (Å²) in [5.41, 5.74) is 2.04. The quantitative estimate of drug-likeness (QED) is 0.638. The van der Waals surface area contributed by atoms with Gasteiger partial charge in [-0.3, -0.25) is 14.0 Å². The topological polar surface area (TPSA) is 84.7 Å². The van der Waals surface area contributed by atoms with Gasteiger partial charge in [0, 0.05) is 30.6 Å². The van der Waals surface area contributed by atoms with Gasteiger partial charge in [0.1, 0.15) is 0 Å². The molecule has 0 fully saturated rings. The van der Waals surface area contributed by atoms with Crippen LogP contribution >= 0.6 is 11.6 Å². The Morgan fingerprint density at radius 2 is 2.00 bits per heavy atom. The van der Waals surface area contributed by atoms with Gasteiger partial charge in [0.15, 0.2) is 5.69 Å². The zero-order chi connectivity index (χ0) is 19.4. The Hall–Kier alpha value is -2.90. The van der Waals surface area contributed by atoms with Crippen LogP contribution < -0.4 is 10.6 Å². The van der Waals surface area contributed by atoms with Crippen molar-refractivity contribution in [2.45, 2.75) is 6.92 Å². The molecule has 2 aromatic heterocycles. The van der Waals surface area contributed by atoms with Crippen LogP contribution in [0.15, 0.2) is 42.6 Å². The fourth-order valence-corrected chi connectivity index (χ4v) is 2.81. The highest BCUT2D eigenvalue weighted by atomic mass is 35.5. The summed E-state index contributed by atoms with van der Waals surface area (Å²) in [5.74, 6) is -0.666. The first-order valence-electron chi connectivity index (χ1n) is 8.33. The number of imidazole rings is 1. The molecule has 3 rings (SSSR count). The normalized spacial score (nSPS) is 10.8. The SMILES string of the molecule is COCCNC(=O)c1nc(C(=O)Nc2cccc(Cl)c2C)c2ccccn12. The Labute approximate surface area is 161 Å². The second-order valence-corrected chi connectivity index (χ2v) is 6.26. The molecule has 0 aliphatic rings. The van der Waals surface area contributed by atoms with Crippen molar-refractivity contribution in [2.75, 3.05) is 25.6 Å². The minimum atomic E-state index is -0.417. The number of benzene rings is 1. The summed E-state index contributed by atoms with van der Waals surface area (Å²) in [6, 6.07) is 10.6. The number of anilines is 1. The molecule has 8 heteroatoms. The average Bonchev–Trinajstić information content (AvgIpc) is 3.05. The number of ether oxygens (including phenoxy) is 1. The average molecular weight is 387 g/mol. The van der Waals surface area contributed by atoms with Crippen LogP contribution in [0.2, 0.25) is 5.02 Å². The molecule has 3 aromatic rings. The summed E-state index contributed by atoms with van der Waals surface area (Å²) in [4.78, 5) is 29.5. The lowest BCUT2D eigenvalue weighted by molar-refractivity contribution is 0.0926. The number of nitrogens with zero attached hydrogens (tertiary/aromatic N) is 2. The number of fused-ring (bicyclic) bond motifs is 1. The predicted octanol–water partition coefficient (Wildman–Crippen LogP) is 2.92. The first-order chi connectivity index (χ1) is 13.0. The summed E-state index contributed by atoms with van der Waals surface area (Å²) >= 11 is 6.11. The molecule has 2 heterocycles. The second-order valence-electron chi connectivity index (χ2n) is 5.86. The molecule has 0 saturated carbocycles. The van der Waals surface area contributed by atoms with E-state index >= 15 is 0 Å². The van der Waals surface area contributed by atoms with E-state index in [1.54, 1.807) is 54.1 Å². The van der Waals surface area contributed by atoms with E-state index < -0.39 is 5.91 Å². The largest absolute Gasteiger partial charge is 0.383 e. The number of carbonyl (C=O) groups excluding carboxylic acids is 2. The third kappa shape index (κ3) is 3.94. The molecule has 2 amide bonds. The maximum absolute atomic E-state index is 12.8. The van der Waals surface area contributed by atoms with Gasteiger partial charge in [-0.1, -0.05) is 23.7 Å². The zero-order valence-corrected chi connectivity index (χ0v) is 15.7. The number of methoxy groups -OCH3 is 1. The van der Waals surface area contributed by atoms with E-state index in [1.165, 1.54) is 0 Å². The second kappa shape index (κ2) is 8.20. The number of hydrogen-bond acceptors (Lipinski definition) is 4.